The van der Waals surface area contributed by atoms with Gasteiger partial charge in [0.1, 0.15) is 17.3 Å². The molecule has 1 amide bonds. The molecule has 0 aliphatic rings. The maximum Gasteiger partial charge on any atom is 0.283 e. The van der Waals surface area contributed by atoms with Gasteiger partial charge in [-0.1, -0.05) is 60.7 Å². The SMILES string of the molecule is O=C(N/N=C\c1ccc(-c2ccc(F)cc2[N+](=O)[O-])o1)C(c1ccccc1)c1ccccc1. The number of amides is 1. The number of nitrogens with one attached hydrogen (secondary N) is 1. The number of halogens is 1. The number of benzene rings is 3. The molecule has 0 fully saturated rings. The predicted molar refractivity (Wildman–Crippen MR) is 121 cm³/mol. The molecule has 0 atom stereocenters. The second-order valence-electron chi connectivity index (χ2n) is 7.11. The van der Waals surface area contributed by atoms with Crippen LogP contribution >= 0.6 is 0 Å². The van der Waals surface area contributed by atoms with E-state index in [-0.39, 0.29) is 23.0 Å². The lowest BCUT2D eigenvalue weighted by Gasteiger charge is -2.16. The number of rotatable bonds is 7. The molecule has 1 aromatic heterocycles. The Labute approximate surface area is 188 Å². The van der Waals surface area contributed by atoms with E-state index in [0.29, 0.717) is 0 Å². The highest BCUT2D eigenvalue weighted by atomic mass is 19.1. The molecule has 8 heteroatoms. The van der Waals surface area contributed by atoms with Crippen molar-refractivity contribution in [2.75, 3.05) is 0 Å². The maximum absolute atomic E-state index is 13.4. The van der Waals surface area contributed by atoms with E-state index in [1.54, 1.807) is 6.07 Å². The van der Waals surface area contributed by atoms with Crippen LogP contribution in [-0.2, 0) is 4.79 Å². The molecule has 0 unspecified atom stereocenters. The third-order valence-electron chi connectivity index (χ3n) is 4.94. The first-order valence-electron chi connectivity index (χ1n) is 10.00. The Morgan fingerprint density at radius 3 is 2.21 bits per heavy atom. The van der Waals surface area contributed by atoms with Gasteiger partial charge in [-0.05, 0) is 35.4 Å². The van der Waals surface area contributed by atoms with Crippen molar-refractivity contribution in [1.29, 1.82) is 0 Å². The summed E-state index contributed by atoms with van der Waals surface area (Å²) >= 11 is 0. The minimum atomic E-state index is -0.715. The van der Waals surface area contributed by atoms with Crippen LogP contribution in [0.1, 0.15) is 22.8 Å². The molecule has 1 heterocycles. The number of hydrogen-bond donors (Lipinski definition) is 1. The Balaban J connectivity index is 1.52. The van der Waals surface area contributed by atoms with Gasteiger partial charge in [0.15, 0.2) is 0 Å². The van der Waals surface area contributed by atoms with Gasteiger partial charge < -0.3 is 4.42 Å². The first kappa shape index (κ1) is 21.6. The predicted octanol–water partition coefficient (Wildman–Crippen LogP) is 5.28. The zero-order chi connectivity index (χ0) is 23.2. The van der Waals surface area contributed by atoms with Crippen LogP contribution in [0.2, 0.25) is 0 Å². The summed E-state index contributed by atoms with van der Waals surface area (Å²) in [6.45, 7) is 0. The van der Waals surface area contributed by atoms with E-state index < -0.39 is 22.3 Å². The Bertz CT molecular complexity index is 1260. The highest BCUT2D eigenvalue weighted by Crippen LogP contribution is 2.31. The molecular weight excluding hydrogens is 425 g/mol. The highest BCUT2D eigenvalue weighted by molar-refractivity contribution is 5.88. The van der Waals surface area contributed by atoms with Crippen molar-refractivity contribution in [3.8, 4) is 11.3 Å². The Kier molecular flexibility index (Phi) is 6.36. The molecule has 7 nitrogen and oxygen atoms in total. The van der Waals surface area contributed by atoms with E-state index in [9.17, 15) is 19.3 Å². The zero-order valence-corrected chi connectivity index (χ0v) is 17.2. The number of furan rings is 1. The van der Waals surface area contributed by atoms with Crippen molar-refractivity contribution in [3.63, 3.8) is 0 Å². The first-order chi connectivity index (χ1) is 16.0. The van der Waals surface area contributed by atoms with Gasteiger partial charge >= 0.3 is 0 Å². The van der Waals surface area contributed by atoms with Crippen LogP contribution in [0, 0.1) is 15.9 Å². The van der Waals surface area contributed by atoms with Crippen molar-refractivity contribution >= 4 is 17.8 Å². The minimum Gasteiger partial charge on any atom is -0.455 e. The molecular formula is C25H18FN3O4. The Hall–Kier alpha value is -4.59. The number of hydrogen-bond acceptors (Lipinski definition) is 5. The molecule has 0 radical (unpaired) electrons. The van der Waals surface area contributed by atoms with Crippen molar-refractivity contribution in [3.05, 3.63) is 124 Å². The van der Waals surface area contributed by atoms with Gasteiger partial charge in [-0.2, -0.15) is 5.10 Å². The summed E-state index contributed by atoms with van der Waals surface area (Å²) in [5, 5.41) is 15.2. The van der Waals surface area contributed by atoms with E-state index >= 15 is 0 Å². The molecule has 1 N–H and O–H groups in total. The van der Waals surface area contributed by atoms with Gasteiger partial charge in [-0.15, -0.1) is 0 Å². The van der Waals surface area contributed by atoms with Crippen LogP contribution in [0.15, 0.2) is 101 Å². The molecule has 0 bridgehead atoms. The number of carbonyl (C=O) groups excluding carboxylic acids is 1. The van der Waals surface area contributed by atoms with Gasteiger partial charge in [-0.3, -0.25) is 14.9 Å². The van der Waals surface area contributed by atoms with Crippen LogP contribution in [0.5, 0.6) is 0 Å². The van der Waals surface area contributed by atoms with Gasteiger partial charge in [0.05, 0.1) is 28.7 Å². The first-order valence-corrected chi connectivity index (χ1v) is 10.00. The third-order valence-corrected chi connectivity index (χ3v) is 4.94. The lowest BCUT2D eigenvalue weighted by Crippen LogP contribution is -2.26. The van der Waals surface area contributed by atoms with E-state index in [2.05, 4.69) is 10.5 Å². The summed E-state index contributed by atoms with van der Waals surface area (Å²) in [4.78, 5) is 23.5. The van der Waals surface area contributed by atoms with Crippen molar-refractivity contribution in [1.82, 2.24) is 5.43 Å². The smallest absolute Gasteiger partial charge is 0.283 e. The summed E-state index contributed by atoms with van der Waals surface area (Å²) < 4.78 is 19.0. The summed E-state index contributed by atoms with van der Waals surface area (Å²) in [6, 6.07) is 25.0. The molecule has 0 aliphatic carbocycles. The van der Waals surface area contributed by atoms with Gasteiger partial charge in [0, 0.05) is 0 Å². The summed E-state index contributed by atoms with van der Waals surface area (Å²) in [5.74, 6) is -1.16. The van der Waals surface area contributed by atoms with Crippen LogP contribution < -0.4 is 5.43 Å². The third kappa shape index (κ3) is 5.01. The summed E-state index contributed by atoms with van der Waals surface area (Å²) in [7, 11) is 0. The molecule has 0 saturated carbocycles. The molecule has 4 aromatic rings. The lowest BCUT2D eigenvalue weighted by atomic mass is 9.91. The lowest BCUT2D eigenvalue weighted by molar-refractivity contribution is -0.384. The van der Waals surface area contributed by atoms with E-state index in [1.807, 2.05) is 60.7 Å². The second-order valence-corrected chi connectivity index (χ2v) is 7.11. The number of nitrogens with zero attached hydrogens (tertiary/aromatic N) is 2. The normalized spacial score (nSPS) is 11.1. The standard InChI is InChI=1S/C25H18FN3O4/c26-19-11-13-21(22(15-19)29(31)32)23-14-12-20(33-23)16-27-28-25(30)24(17-7-3-1-4-8-17)18-9-5-2-6-10-18/h1-16,24H,(H,28,30)/b27-16-. The van der Waals surface area contributed by atoms with Crippen molar-refractivity contribution in [2.24, 2.45) is 5.10 Å². The number of nitro benzene ring substituents is 1. The fourth-order valence-corrected chi connectivity index (χ4v) is 3.44. The fraction of sp³-hybridized carbons (Fsp3) is 0.0400. The number of hydrazone groups is 1. The van der Waals surface area contributed by atoms with E-state index in [1.165, 1.54) is 18.3 Å². The zero-order valence-electron chi connectivity index (χ0n) is 17.2. The second kappa shape index (κ2) is 9.69. The van der Waals surface area contributed by atoms with Crippen LogP contribution in [-0.4, -0.2) is 17.0 Å². The topological polar surface area (TPSA) is 97.7 Å². The van der Waals surface area contributed by atoms with E-state index in [0.717, 1.165) is 23.3 Å². The van der Waals surface area contributed by atoms with Crippen LogP contribution in [0.25, 0.3) is 11.3 Å². The number of carbonyl (C=O) groups is 1. The quantitative estimate of drug-likeness (QED) is 0.239. The fourth-order valence-electron chi connectivity index (χ4n) is 3.44. The maximum atomic E-state index is 13.4. The van der Waals surface area contributed by atoms with Crippen LogP contribution in [0.3, 0.4) is 0 Å². The van der Waals surface area contributed by atoms with Crippen LogP contribution in [0.4, 0.5) is 10.1 Å². The Morgan fingerprint density at radius 2 is 1.61 bits per heavy atom. The minimum absolute atomic E-state index is 0.137. The van der Waals surface area contributed by atoms with Gasteiger partial charge in [0.2, 0.25) is 0 Å². The molecule has 164 valence electrons. The molecule has 33 heavy (non-hydrogen) atoms. The van der Waals surface area contributed by atoms with Gasteiger partial charge in [0.25, 0.3) is 11.6 Å². The molecule has 3 aromatic carbocycles. The highest BCUT2D eigenvalue weighted by Gasteiger charge is 2.22. The van der Waals surface area contributed by atoms with Crippen molar-refractivity contribution in [2.45, 2.75) is 5.92 Å². The monoisotopic (exact) mass is 443 g/mol. The largest absolute Gasteiger partial charge is 0.455 e. The molecule has 0 aliphatic heterocycles. The summed E-state index contributed by atoms with van der Waals surface area (Å²) in [5.41, 5.74) is 3.90. The molecule has 0 saturated heterocycles. The van der Waals surface area contributed by atoms with Crippen molar-refractivity contribution < 1.29 is 18.5 Å². The van der Waals surface area contributed by atoms with Gasteiger partial charge in [-0.25, -0.2) is 9.82 Å². The van der Waals surface area contributed by atoms with E-state index in [4.69, 9.17) is 4.42 Å². The average molecular weight is 443 g/mol. The summed E-state index contributed by atoms with van der Waals surface area (Å²) in [6.07, 6.45) is 1.30. The molecule has 0 spiro atoms. The Morgan fingerprint density at radius 1 is 0.970 bits per heavy atom. The number of nitro groups is 1. The average Bonchev–Trinajstić information content (AvgIpc) is 3.29. The molecule has 4 rings (SSSR count).